The number of amides is 1. The van der Waals surface area contributed by atoms with Gasteiger partial charge in [0.05, 0.1) is 5.75 Å². The lowest BCUT2D eigenvalue weighted by atomic mass is 9.74. The number of hydrogen-bond donors (Lipinski definition) is 1. The number of likely N-dealkylation sites (tertiary alicyclic amines) is 1. The van der Waals surface area contributed by atoms with Crippen LogP contribution in [0.15, 0.2) is 0 Å². The maximum Gasteiger partial charge on any atom is 0.232 e. The van der Waals surface area contributed by atoms with Gasteiger partial charge in [0.25, 0.3) is 0 Å². The Morgan fingerprint density at radius 3 is 2.94 bits per heavy atom. The highest BCUT2D eigenvalue weighted by Crippen LogP contribution is 2.35. The summed E-state index contributed by atoms with van der Waals surface area (Å²) in [7, 11) is 0. The molecule has 0 radical (unpaired) electrons. The minimum absolute atomic E-state index is 0.331. The van der Waals surface area contributed by atoms with Gasteiger partial charge in [0.15, 0.2) is 0 Å². The van der Waals surface area contributed by atoms with Gasteiger partial charge < -0.3 is 10.2 Å². The number of carbonyl (C=O) groups excluding carboxylic acids is 1. The molecule has 2 fully saturated rings. The van der Waals surface area contributed by atoms with Crippen molar-refractivity contribution >= 4 is 17.7 Å². The Labute approximate surface area is 102 Å². The van der Waals surface area contributed by atoms with Crippen molar-refractivity contribution in [3.8, 4) is 0 Å². The van der Waals surface area contributed by atoms with Gasteiger partial charge in [0.2, 0.25) is 5.91 Å². The molecule has 1 atom stereocenters. The largest absolute Gasteiger partial charge is 0.341 e. The summed E-state index contributed by atoms with van der Waals surface area (Å²) >= 11 is 1.63. The molecule has 3 nitrogen and oxygen atoms in total. The SMILES string of the molecule is CSCC(=O)N1CCCC2(CCCNC2)C1. The summed E-state index contributed by atoms with van der Waals surface area (Å²) in [6, 6.07) is 0. The first kappa shape index (κ1) is 12.2. The fraction of sp³-hybridized carbons (Fsp3) is 0.917. The molecular formula is C12H22N2OS. The minimum atomic E-state index is 0.331. The van der Waals surface area contributed by atoms with Crippen LogP contribution in [0.5, 0.6) is 0 Å². The van der Waals surface area contributed by atoms with E-state index in [9.17, 15) is 4.79 Å². The van der Waals surface area contributed by atoms with Crippen LogP contribution in [0.3, 0.4) is 0 Å². The Morgan fingerprint density at radius 2 is 2.25 bits per heavy atom. The molecule has 0 bridgehead atoms. The second-order valence-electron chi connectivity index (χ2n) is 5.13. The van der Waals surface area contributed by atoms with E-state index in [1.807, 2.05) is 6.26 Å². The molecule has 1 unspecified atom stereocenters. The van der Waals surface area contributed by atoms with Gasteiger partial charge in [-0.3, -0.25) is 4.79 Å². The standard InChI is InChI=1S/C12H22N2OS/c1-16-8-11(15)14-7-3-5-12(10-14)4-2-6-13-9-12/h13H,2-10H2,1H3. The molecule has 2 aliphatic heterocycles. The molecule has 92 valence electrons. The maximum absolute atomic E-state index is 11.9. The van der Waals surface area contributed by atoms with Crippen LogP contribution >= 0.6 is 11.8 Å². The summed E-state index contributed by atoms with van der Waals surface area (Å²) in [6.45, 7) is 4.22. The zero-order valence-corrected chi connectivity index (χ0v) is 10.9. The Kier molecular flexibility index (Phi) is 4.14. The third-order valence-corrected chi connectivity index (χ3v) is 4.38. The van der Waals surface area contributed by atoms with Gasteiger partial charge in [0.1, 0.15) is 0 Å². The van der Waals surface area contributed by atoms with E-state index in [1.54, 1.807) is 11.8 Å². The Hall–Kier alpha value is -0.220. The molecule has 0 aliphatic carbocycles. The number of carbonyl (C=O) groups is 1. The molecule has 2 aliphatic rings. The normalized spacial score (nSPS) is 30.7. The van der Waals surface area contributed by atoms with Crippen LogP contribution in [0, 0.1) is 5.41 Å². The smallest absolute Gasteiger partial charge is 0.232 e. The molecule has 1 amide bonds. The lowest BCUT2D eigenvalue weighted by molar-refractivity contribution is -0.132. The van der Waals surface area contributed by atoms with Crippen LogP contribution in [0.25, 0.3) is 0 Å². The molecule has 2 rings (SSSR count). The molecule has 0 aromatic rings. The molecule has 16 heavy (non-hydrogen) atoms. The molecule has 2 heterocycles. The van der Waals surface area contributed by atoms with Crippen molar-refractivity contribution < 1.29 is 4.79 Å². The number of piperidine rings is 2. The summed E-state index contributed by atoms with van der Waals surface area (Å²) in [6.07, 6.45) is 7.04. The molecular weight excluding hydrogens is 220 g/mol. The maximum atomic E-state index is 11.9. The Balaban J connectivity index is 1.94. The van der Waals surface area contributed by atoms with E-state index >= 15 is 0 Å². The van der Waals surface area contributed by atoms with Crippen molar-refractivity contribution in [1.29, 1.82) is 0 Å². The third-order valence-electron chi connectivity index (χ3n) is 3.84. The third kappa shape index (κ3) is 2.72. The predicted molar refractivity (Wildman–Crippen MR) is 68.7 cm³/mol. The van der Waals surface area contributed by atoms with Gasteiger partial charge in [-0.2, -0.15) is 11.8 Å². The van der Waals surface area contributed by atoms with E-state index < -0.39 is 0 Å². The van der Waals surface area contributed by atoms with Crippen molar-refractivity contribution in [1.82, 2.24) is 10.2 Å². The zero-order valence-electron chi connectivity index (χ0n) is 10.1. The van der Waals surface area contributed by atoms with Crippen molar-refractivity contribution in [2.45, 2.75) is 25.7 Å². The molecule has 0 aromatic carbocycles. The number of rotatable bonds is 2. The molecule has 0 saturated carbocycles. The summed E-state index contributed by atoms with van der Waals surface area (Å²) in [5.41, 5.74) is 0.393. The van der Waals surface area contributed by atoms with Gasteiger partial charge in [-0.1, -0.05) is 0 Å². The molecule has 1 N–H and O–H groups in total. The van der Waals surface area contributed by atoms with Crippen LogP contribution in [0.2, 0.25) is 0 Å². The number of nitrogens with one attached hydrogen (secondary N) is 1. The highest BCUT2D eigenvalue weighted by atomic mass is 32.2. The predicted octanol–water partition coefficient (Wildman–Crippen LogP) is 1.34. The van der Waals surface area contributed by atoms with Gasteiger partial charge in [-0.05, 0) is 38.5 Å². The lowest BCUT2D eigenvalue weighted by Gasteiger charge is -2.45. The molecule has 4 heteroatoms. The van der Waals surface area contributed by atoms with Crippen LogP contribution in [-0.2, 0) is 4.79 Å². The minimum Gasteiger partial charge on any atom is -0.341 e. The quantitative estimate of drug-likeness (QED) is 0.793. The fourth-order valence-corrected chi connectivity index (χ4v) is 3.44. The number of nitrogens with zero attached hydrogens (tertiary/aromatic N) is 1. The average Bonchev–Trinajstić information content (AvgIpc) is 2.30. The molecule has 1 spiro atoms. The van der Waals surface area contributed by atoms with Crippen molar-refractivity contribution in [3.63, 3.8) is 0 Å². The Morgan fingerprint density at radius 1 is 1.44 bits per heavy atom. The van der Waals surface area contributed by atoms with Crippen molar-refractivity contribution in [2.24, 2.45) is 5.41 Å². The topological polar surface area (TPSA) is 32.3 Å². The summed E-state index contributed by atoms with van der Waals surface area (Å²) in [4.78, 5) is 14.0. The van der Waals surface area contributed by atoms with Crippen LogP contribution in [0.4, 0.5) is 0 Å². The first-order valence-corrected chi connectivity index (χ1v) is 7.63. The van der Waals surface area contributed by atoms with Crippen molar-refractivity contribution in [2.75, 3.05) is 38.2 Å². The van der Waals surface area contributed by atoms with E-state index in [0.29, 0.717) is 17.1 Å². The van der Waals surface area contributed by atoms with Crippen LogP contribution in [0.1, 0.15) is 25.7 Å². The molecule has 2 saturated heterocycles. The summed E-state index contributed by atoms with van der Waals surface area (Å²) in [5, 5.41) is 3.49. The van der Waals surface area contributed by atoms with Gasteiger partial charge in [0, 0.05) is 25.0 Å². The number of thioether (sulfide) groups is 1. The van der Waals surface area contributed by atoms with E-state index in [0.717, 1.165) is 26.2 Å². The van der Waals surface area contributed by atoms with Crippen molar-refractivity contribution in [3.05, 3.63) is 0 Å². The summed E-state index contributed by atoms with van der Waals surface area (Å²) in [5.74, 6) is 0.973. The zero-order chi connectivity index (χ0) is 11.4. The second-order valence-corrected chi connectivity index (χ2v) is 6.00. The Bertz CT molecular complexity index is 246. The van der Waals surface area contributed by atoms with Gasteiger partial charge >= 0.3 is 0 Å². The van der Waals surface area contributed by atoms with E-state index in [2.05, 4.69) is 10.2 Å². The highest BCUT2D eigenvalue weighted by Gasteiger charge is 2.37. The second kappa shape index (κ2) is 5.41. The summed E-state index contributed by atoms with van der Waals surface area (Å²) < 4.78 is 0. The average molecular weight is 242 g/mol. The van der Waals surface area contributed by atoms with Crippen LogP contribution < -0.4 is 5.32 Å². The lowest BCUT2D eigenvalue weighted by Crippen LogP contribution is -2.52. The van der Waals surface area contributed by atoms with Crippen LogP contribution in [-0.4, -0.2) is 49.0 Å². The first-order valence-electron chi connectivity index (χ1n) is 6.23. The monoisotopic (exact) mass is 242 g/mol. The number of hydrogen-bond acceptors (Lipinski definition) is 3. The van der Waals surface area contributed by atoms with E-state index in [-0.39, 0.29) is 0 Å². The first-order chi connectivity index (χ1) is 7.76. The fourth-order valence-electron chi connectivity index (χ4n) is 3.01. The van der Waals surface area contributed by atoms with E-state index in [4.69, 9.17) is 0 Å². The molecule has 0 aromatic heterocycles. The van der Waals surface area contributed by atoms with Gasteiger partial charge in [-0.15, -0.1) is 0 Å². The van der Waals surface area contributed by atoms with Gasteiger partial charge in [-0.25, -0.2) is 0 Å². The van der Waals surface area contributed by atoms with E-state index in [1.165, 1.54) is 25.7 Å². The highest BCUT2D eigenvalue weighted by molar-refractivity contribution is 7.99.